The average Bonchev–Trinajstić information content (AvgIpc) is 2.13. The van der Waals surface area contributed by atoms with Crippen molar-refractivity contribution in [2.75, 3.05) is 6.54 Å². The summed E-state index contributed by atoms with van der Waals surface area (Å²) in [5.74, 6) is -0.828. The van der Waals surface area contributed by atoms with Gasteiger partial charge in [0, 0.05) is 5.56 Å². The normalized spacial score (nSPS) is 12.9. The number of aromatic hydroxyl groups is 1. The molecule has 3 heteroatoms. The number of halogens is 1. The van der Waals surface area contributed by atoms with Gasteiger partial charge in [-0.05, 0) is 24.9 Å². The number of nitrogens with two attached hydrogens (primary N) is 1. The molecule has 0 saturated carbocycles. The highest BCUT2D eigenvalue weighted by atomic mass is 19.1. The summed E-state index contributed by atoms with van der Waals surface area (Å²) in [5, 5.41) is 9.45. The maximum Gasteiger partial charge on any atom is 0.167 e. The number of hydrogen-bond donors (Lipinski definition) is 2. The Morgan fingerprint density at radius 2 is 2.15 bits per heavy atom. The van der Waals surface area contributed by atoms with E-state index in [1.165, 1.54) is 0 Å². The van der Waals surface area contributed by atoms with E-state index < -0.39 is 5.82 Å². The van der Waals surface area contributed by atoms with Crippen molar-refractivity contribution in [3.05, 3.63) is 29.1 Å². The molecule has 0 aromatic heterocycles. The number of phenols is 1. The van der Waals surface area contributed by atoms with E-state index in [0.717, 1.165) is 0 Å². The largest absolute Gasteiger partial charge is 0.505 e. The summed E-state index contributed by atoms with van der Waals surface area (Å²) in [7, 11) is 0. The Balaban J connectivity index is 3.18. The van der Waals surface area contributed by atoms with Gasteiger partial charge in [0.25, 0.3) is 0 Å². The summed E-state index contributed by atoms with van der Waals surface area (Å²) >= 11 is 0. The number of phenolic OH excluding ortho intramolecular Hbond substituents is 1. The first-order chi connectivity index (χ1) is 6.07. The molecule has 0 aliphatic carbocycles. The summed E-state index contributed by atoms with van der Waals surface area (Å²) in [6, 6.07) is 3.36. The maximum atomic E-state index is 13.2. The van der Waals surface area contributed by atoms with E-state index in [2.05, 4.69) is 0 Å². The Labute approximate surface area is 77.2 Å². The van der Waals surface area contributed by atoms with Crippen molar-refractivity contribution in [3.8, 4) is 5.75 Å². The molecule has 1 rings (SSSR count). The standard InChI is InChI=1S/C10H14FNO/c1-6-3-4-8(7(2)5-12)10(13)9(6)11/h3-4,7,13H,5,12H2,1-2H3. The van der Waals surface area contributed by atoms with Crippen molar-refractivity contribution in [1.82, 2.24) is 0 Å². The molecule has 2 nitrogen and oxygen atoms in total. The van der Waals surface area contributed by atoms with Crippen LogP contribution < -0.4 is 5.73 Å². The van der Waals surface area contributed by atoms with E-state index in [1.807, 2.05) is 6.92 Å². The van der Waals surface area contributed by atoms with Gasteiger partial charge >= 0.3 is 0 Å². The SMILES string of the molecule is Cc1ccc(C(C)CN)c(O)c1F. The van der Waals surface area contributed by atoms with E-state index in [1.54, 1.807) is 19.1 Å². The van der Waals surface area contributed by atoms with E-state index in [-0.39, 0.29) is 11.7 Å². The van der Waals surface area contributed by atoms with Gasteiger partial charge in [0.2, 0.25) is 0 Å². The fraction of sp³-hybridized carbons (Fsp3) is 0.400. The average molecular weight is 183 g/mol. The highest BCUT2D eigenvalue weighted by Crippen LogP contribution is 2.29. The van der Waals surface area contributed by atoms with Crippen LogP contribution in [0.5, 0.6) is 5.75 Å². The Bertz CT molecular complexity index is 312. The Hall–Kier alpha value is -1.09. The third kappa shape index (κ3) is 1.80. The minimum atomic E-state index is -0.544. The third-order valence-electron chi connectivity index (χ3n) is 2.22. The van der Waals surface area contributed by atoms with Crippen LogP contribution in [0.3, 0.4) is 0 Å². The summed E-state index contributed by atoms with van der Waals surface area (Å²) in [6.07, 6.45) is 0. The molecule has 0 aliphatic rings. The minimum Gasteiger partial charge on any atom is -0.505 e. The van der Waals surface area contributed by atoms with Crippen LogP contribution in [0, 0.1) is 12.7 Å². The minimum absolute atomic E-state index is 0.0184. The first-order valence-corrected chi connectivity index (χ1v) is 4.26. The molecule has 1 atom stereocenters. The van der Waals surface area contributed by atoms with Gasteiger partial charge in [0.1, 0.15) is 0 Å². The first-order valence-electron chi connectivity index (χ1n) is 4.26. The second-order valence-electron chi connectivity index (χ2n) is 3.27. The zero-order valence-electron chi connectivity index (χ0n) is 7.84. The van der Waals surface area contributed by atoms with Gasteiger partial charge in [0.05, 0.1) is 0 Å². The molecule has 13 heavy (non-hydrogen) atoms. The van der Waals surface area contributed by atoms with Gasteiger partial charge in [-0.2, -0.15) is 0 Å². The van der Waals surface area contributed by atoms with Crippen molar-refractivity contribution < 1.29 is 9.50 Å². The highest BCUT2D eigenvalue weighted by molar-refractivity contribution is 5.39. The number of rotatable bonds is 2. The lowest BCUT2D eigenvalue weighted by Gasteiger charge is -2.12. The number of hydrogen-bond acceptors (Lipinski definition) is 2. The van der Waals surface area contributed by atoms with Crippen LogP contribution in [0.4, 0.5) is 4.39 Å². The lowest BCUT2D eigenvalue weighted by Crippen LogP contribution is -2.09. The lowest BCUT2D eigenvalue weighted by molar-refractivity contribution is 0.420. The Morgan fingerprint density at radius 1 is 1.54 bits per heavy atom. The van der Waals surface area contributed by atoms with Crippen molar-refractivity contribution in [2.24, 2.45) is 5.73 Å². The van der Waals surface area contributed by atoms with Crippen molar-refractivity contribution in [1.29, 1.82) is 0 Å². The fourth-order valence-electron chi connectivity index (χ4n) is 1.20. The van der Waals surface area contributed by atoms with Crippen LogP contribution in [0.15, 0.2) is 12.1 Å². The summed E-state index contributed by atoms with van der Waals surface area (Å²) in [6.45, 7) is 3.87. The van der Waals surface area contributed by atoms with Crippen LogP contribution in [0.1, 0.15) is 24.0 Å². The predicted molar refractivity (Wildman–Crippen MR) is 50.3 cm³/mol. The van der Waals surface area contributed by atoms with E-state index >= 15 is 0 Å². The molecule has 0 spiro atoms. The Kier molecular flexibility index (Phi) is 2.88. The van der Waals surface area contributed by atoms with Crippen molar-refractivity contribution in [3.63, 3.8) is 0 Å². The summed E-state index contributed by atoms with van der Waals surface area (Å²) in [5.41, 5.74) is 6.45. The Morgan fingerprint density at radius 3 is 2.69 bits per heavy atom. The number of aryl methyl sites for hydroxylation is 1. The van der Waals surface area contributed by atoms with Crippen molar-refractivity contribution >= 4 is 0 Å². The monoisotopic (exact) mass is 183 g/mol. The van der Waals surface area contributed by atoms with Crippen LogP contribution >= 0.6 is 0 Å². The molecule has 72 valence electrons. The molecule has 0 saturated heterocycles. The fourth-order valence-corrected chi connectivity index (χ4v) is 1.20. The van der Waals surface area contributed by atoms with E-state index in [0.29, 0.717) is 17.7 Å². The predicted octanol–water partition coefficient (Wildman–Crippen LogP) is 1.90. The van der Waals surface area contributed by atoms with Crippen molar-refractivity contribution in [2.45, 2.75) is 19.8 Å². The van der Waals surface area contributed by atoms with Gasteiger partial charge in [-0.3, -0.25) is 0 Å². The highest BCUT2D eigenvalue weighted by Gasteiger charge is 2.13. The van der Waals surface area contributed by atoms with E-state index in [9.17, 15) is 9.50 Å². The maximum absolute atomic E-state index is 13.2. The van der Waals surface area contributed by atoms with Gasteiger partial charge < -0.3 is 10.8 Å². The van der Waals surface area contributed by atoms with E-state index in [4.69, 9.17) is 5.73 Å². The molecule has 0 aliphatic heterocycles. The van der Waals surface area contributed by atoms with Gasteiger partial charge in [-0.25, -0.2) is 4.39 Å². The van der Waals surface area contributed by atoms with Gasteiger partial charge in [-0.1, -0.05) is 19.1 Å². The molecule has 0 fully saturated rings. The van der Waals surface area contributed by atoms with Crippen LogP contribution in [0.2, 0.25) is 0 Å². The van der Waals surface area contributed by atoms with Crippen LogP contribution in [0.25, 0.3) is 0 Å². The molecule has 1 aromatic carbocycles. The molecule has 0 radical (unpaired) electrons. The zero-order chi connectivity index (χ0) is 10.0. The summed E-state index contributed by atoms with van der Waals surface area (Å²) < 4.78 is 13.2. The zero-order valence-corrected chi connectivity index (χ0v) is 7.84. The molecular formula is C10H14FNO. The second-order valence-corrected chi connectivity index (χ2v) is 3.27. The van der Waals surface area contributed by atoms with Crippen LogP contribution in [-0.2, 0) is 0 Å². The van der Waals surface area contributed by atoms with Gasteiger partial charge in [-0.15, -0.1) is 0 Å². The second kappa shape index (κ2) is 3.75. The third-order valence-corrected chi connectivity index (χ3v) is 2.22. The molecule has 0 bridgehead atoms. The summed E-state index contributed by atoms with van der Waals surface area (Å²) in [4.78, 5) is 0. The number of benzene rings is 1. The molecule has 0 amide bonds. The lowest BCUT2D eigenvalue weighted by atomic mass is 9.98. The smallest absolute Gasteiger partial charge is 0.167 e. The molecule has 1 aromatic rings. The first kappa shape index (κ1) is 9.99. The van der Waals surface area contributed by atoms with Gasteiger partial charge in [0.15, 0.2) is 11.6 Å². The topological polar surface area (TPSA) is 46.2 Å². The van der Waals surface area contributed by atoms with Crippen LogP contribution in [-0.4, -0.2) is 11.7 Å². The molecule has 3 N–H and O–H groups in total. The molecular weight excluding hydrogens is 169 g/mol. The molecule has 1 unspecified atom stereocenters. The molecule has 0 heterocycles. The quantitative estimate of drug-likeness (QED) is 0.735.